The average molecular weight is 390 g/mol. The molecule has 0 aliphatic rings. The van der Waals surface area contributed by atoms with Crippen molar-refractivity contribution in [2.24, 2.45) is 0 Å². The van der Waals surface area contributed by atoms with Crippen molar-refractivity contribution in [2.45, 2.75) is 13.8 Å². The summed E-state index contributed by atoms with van der Waals surface area (Å²) in [7, 11) is 1.55. The smallest absolute Gasteiger partial charge is 0.207 e. The number of halogens is 1. The number of aryl methyl sites for hydroxylation is 1. The van der Waals surface area contributed by atoms with Gasteiger partial charge >= 0.3 is 0 Å². The SMILES string of the molecule is CCOc1cc(/C=C(\C#N)C(=O)c2ccoc2C)cc(Br)c1OC. The number of Topliss-reactive ketones (excluding diaryl/α,β-unsaturated/α-hetero) is 1. The van der Waals surface area contributed by atoms with E-state index in [9.17, 15) is 10.1 Å². The van der Waals surface area contributed by atoms with Gasteiger partial charge in [0, 0.05) is 0 Å². The van der Waals surface area contributed by atoms with Gasteiger partial charge in [-0.05, 0) is 59.6 Å². The Kier molecular flexibility index (Phi) is 5.83. The Bertz CT molecular complexity index is 830. The summed E-state index contributed by atoms with van der Waals surface area (Å²) in [5.41, 5.74) is 1.04. The summed E-state index contributed by atoms with van der Waals surface area (Å²) in [4.78, 5) is 12.5. The average Bonchev–Trinajstić information content (AvgIpc) is 2.98. The summed E-state index contributed by atoms with van der Waals surface area (Å²) in [5.74, 6) is 1.19. The zero-order chi connectivity index (χ0) is 17.7. The number of allylic oxidation sites excluding steroid dienone is 1. The molecule has 0 bridgehead atoms. The number of ketones is 1. The van der Waals surface area contributed by atoms with Crippen molar-refractivity contribution in [2.75, 3.05) is 13.7 Å². The van der Waals surface area contributed by atoms with Crippen LogP contribution in [0.25, 0.3) is 6.08 Å². The lowest BCUT2D eigenvalue weighted by atomic mass is 10.0. The summed E-state index contributed by atoms with van der Waals surface area (Å²) < 4.78 is 16.7. The molecule has 1 aromatic heterocycles. The Hall–Kier alpha value is -2.52. The molecule has 0 aliphatic carbocycles. The maximum Gasteiger partial charge on any atom is 0.207 e. The molecular formula is C18H16BrNO4. The molecule has 0 atom stereocenters. The molecule has 0 fully saturated rings. The maximum absolute atomic E-state index is 12.5. The molecule has 2 aromatic rings. The van der Waals surface area contributed by atoms with Crippen LogP contribution in [0.1, 0.15) is 28.6 Å². The van der Waals surface area contributed by atoms with Crippen molar-refractivity contribution >= 4 is 27.8 Å². The van der Waals surface area contributed by atoms with Gasteiger partial charge in [-0.2, -0.15) is 5.26 Å². The van der Waals surface area contributed by atoms with E-state index in [4.69, 9.17) is 13.9 Å². The second-order valence-electron chi connectivity index (χ2n) is 4.86. The number of hydrogen-bond acceptors (Lipinski definition) is 5. The normalized spacial score (nSPS) is 11.0. The van der Waals surface area contributed by atoms with E-state index in [-0.39, 0.29) is 11.4 Å². The van der Waals surface area contributed by atoms with Gasteiger partial charge < -0.3 is 13.9 Å². The molecule has 5 nitrogen and oxygen atoms in total. The Balaban J connectivity index is 2.46. The molecule has 0 amide bonds. The van der Waals surface area contributed by atoms with Gasteiger partial charge in [0.1, 0.15) is 17.4 Å². The van der Waals surface area contributed by atoms with Crippen LogP contribution in [0.2, 0.25) is 0 Å². The van der Waals surface area contributed by atoms with Crippen LogP contribution in [0.4, 0.5) is 0 Å². The number of nitriles is 1. The number of methoxy groups -OCH3 is 1. The third-order valence-electron chi connectivity index (χ3n) is 3.32. The zero-order valence-electron chi connectivity index (χ0n) is 13.6. The van der Waals surface area contributed by atoms with Crippen molar-refractivity contribution in [3.63, 3.8) is 0 Å². The molecule has 0 spiro atoms. The Morgan fingerprint density at radius 2 is 2.21 bits per heavy atom. The predicted octanol–water partition coefficient (Wildman–Crippen LogP) is 4.55. The fourth-order valence-corrected chi connectivity index (χ4v) is 2.83. The molecule has 1 heterocycles. The second kappa shape index (κ2) is 7.84. The standard InChI is InChI=1S/C18H16BrNO4/c1-4-23-16-9-12(8-15(19)18(16)22-3)7-13(10-20)17(21)14-5-6-24-11(14)2/h5-9H,4H2,1-3H3/b13-7+. The van der Waals surface area contributed by atoms with E-state index >= 15 is 0 Å². The van der Waals surface area contributed by atoms with Crippen LogP contribution in [0.15, 0.2) is 38.9 Å². The van der Waals surface area contributed by atoms with E-state index in [1.807, 2.05) is 13.0 Å². The minimum Gasteiger partial charge on any atom is -0.492 e. The van der Waals surface area contributed by atoms with E-state index in [0.29, 0.717) is 39.5 Å². The van der Waals surface area contributed by atoms with Crippen LogP contribution in [-0.2, 0) is 0 Å². The third kappa shape index (κ3) is 3.69. The van der Waals surface area contributed by atoms with Gasteiger partial charge in [0.25, 0.3) is 0 Å². The van der Waals surface area contributed by atoms with Crippen LogP contribution in [-0.4, -0.2) is 19.5 Å². The molecule has 0 N–H and O–H groups in total. The first-order valence-corrected chi connectivity index (χ1v) is 8.02. The van der Waals surface area contributed by atoms with Crippen LogP contribution < -0.4 is 9.47 Å². The molecule has 0 radical (unpaired) electrons. The first-order chi connectivity index (χ1) is 11.5. The number of furan rings is 1. The molecule has 6 heteroatoms. The molecule has 0 aliphatic heterocycles. The van der Waals surface area contributed by atoms with Gasteiger partial charge in [0.15, 0.2) is 11.5 Å². The van der Waals surface area contributed by atoms with Crippen molar-refractivity contribution in [3.05, 3.63) is 51.4 Å². The highest BCUT2D eigenvalue weighted by molar-refractivity contribution is 9.10. The minimum absolute atomic E-state index is 0.0130. The summed E-state index contributed by atoms with van der Waals surface area (Å²) >= 11 is 3.41. The molecule has 124 valence electrons. The highest BCUT2D eigenvalue weighted by Crippen LogP contribution is 2.37. The van der Waals surface area contributed by atoms with Crippen LogP contribution in [0.3, 0.4) is 0 Å². The Labute approximate surface area is 148 Å². The van der Waals surface area contributed by atoms with Crippen molar-refractivity contribution in [1.29, 1.82) is 5.26 Å². The topological polar surface area (TPSA) is 72.5 Å². The molecule has 0 unspecified atom stereocenters. The second-order valence-corrected chi connectivity index (χ2v) is 5.71. The number of rotatable bonds is 6. The molecule has 0 saturated heterocycles. The highest BCUT2D eigenvalue weighted by atomic mass is 79.9. The minimum atomic E-state index is -0.381. The van der Waals surface area contributed by atoms with Gasteiger partial charge in [-0.3, -0.25) is 4.79 Å². The molecule has 2 rings (SSSR count). The number of ether oxygens (including phenoxy) is 2. The van der Waals surface area contributed by atoms with E-state index < -0.39 is 0 Å². The zero-order valence-corrected chi connectivity index (χ0v) is 15.1. The number of carbonyl (C=O) groups excluding carboxylic acids is 1. The maximum atomic E-state index is 12.5. The lowest BCUT2D eigenvalue weighted by molar-refractivity contribution is 0.103. The van der Waals surface area contributed by atoms with Crippen molar-refractivity contribution in [1.82, 2.24) is 0 Å². The highest BCUT2D eigenvalue weighted by Gasteiger charge is 2.17. The van der Waals surface area contributed by atoms with Crippen LogP contribution >= 0.6 is 15.9 Å². The van der Waals surface area contributed by atoms with E-state index in [1.54, 1.807) is 32.2 Å². The fraction of sp³-hybridized carbons (Fsp3) is 0.222. The predicted molar refractivity (Wildman–Crippen MR) is 93.2 cm³/mol. The number of benzene rings is 1. The van der Waals surface area contributed by atoms with Gasteiger partial charge in [0.2, 0.25) is 5.78 Å². The number of hydrogen-bond donors (Lipinski definition) is 0. The lowest BCUT2D eigenvalue weighted by Gasteiger charge is -2.12. The van der Waals surface area contributed by atoms with Crippen LogP contribution in [0.5, 0.6) is 11.5 Å². The summed E-state index contributed by atoms with van der Waals surface area (Å²) in [5, 5.41) is 9.35. The Morgan fingerprint density at radius 3 is 2.75 bits per heavy atom. The first-order valence-electron chi connectivity index (χ1n) is 7.22. The van der Waals surface area contributed by atoms with Gasteiger partial charge in [-0.25, -0.2) is 0 Å². The van der Waals surface area contributed by atoms with E-state index in [1.165, 1.54) is 12.3 Å². The Morgan fingerprint density at radius 1 is 1.46 bits per heavy atom. The largest absolute Gasteiger partial charge is 0.492 e. The van der Waals surface area contributed by atoms with Gasteiger partial charge in [-0.1, -0.05) is 0 Å². The summed E-state index contributed by atoms with van der Waals surface area (Å²) in [6.07, 6.45) is 2.94. The van der Waals surface area contributed by atoms with Crippen molar-refractivity contribution < 1.29 is 18.7 Å². The summed E-state index contributed by atoms with van der Waals surface area (Å²) in [6, 6.07) is 6.98. The van der Waals surface area contributed by atoms with Gasteiger partial charge in [-0.15, -0.1) is 0 Å². The number of nitrogens with zero attached hydrogens (tertiary/aromatic N) is 1. The molecular weight excluding hydrogens is 374 g/mol. The van der Waals surface area contributed by atoms with E-state index in [2.05, 4.69) is 15.9 Å². The molecule has 1 aromatic carbocycles. The van der Waals surface area contributed by atoms with Crippen LogP contribution in [0, 0.1) is 18.3 Å². The van der Waals surface area contributed by atoms with Gasteiger partial charge in [0.05, 0.1) is 30.0 Å². The first kappa shape index (κ1) is 17.8. The van der Waals surface area contributed by atoms with E-state index in [0.717, 1.165) is 0 Å². The third-order valence-corrected chi connectivity index (χ3v) is 3.90. The molecule has 0 saturated carbocycles. The monoisotopic (exact) mass is 389 g/mol. The summed E-state index contributed by atoms with van der Waals surface area (Å²) in [6.45, 7) is 4.01. The fourth-order valence-electron chi connectivity index (χ4n) is 2.21. The number of carbonyl (C=O) groups is 1. The molecule has 24 heavy (non-hydrogen) atoms. The van der Waals surface area contributed by atoms with Crippen molar-refractivity contribution in [3.8, 4) is 17.6 Å². The lowest BCUT2D eigenvalue weighted by Crippen LogP contribution is -2.02. The quantitative estimate of drug-likeness (QED) is 0.411.